The van der Waals surface area contributed by atoms with E-state index in [0.717, 1.165) is 6.42 Å². The van der Waals surface area contributed by atoms with Gasteiger partial charge in [-0.15, -0.1) is 23.8 Å². The summed E-state index contributed by atoms with van der Waals surface area (Å²) in [5, 5.41) is 0. The molecule has 0 aromatic heterocycles. The van der Waals surface area contributed by atoms with Gasteiger partial charge in [-0.05, 0) is 0 Å². The first-order chi connectivity index (χ1) is 6.47. The summed E-state index contributed by atoms with van der Waals surface area (Å²) in [6.07, 6.45) is 22.9. The third kappa shape index (κ3) is 2.83. The first-order valence-corrected chi connectivity index (χ1v) is 4.46. The van der Waals surface area contributed by atoms with E-state index in [1.807, 2.05) is 18.2 Å². The van der Waals surface area contributed by atoms with Crippen LogP contribution in [0.3, 0.4) is 0 Å². The summed E-state index contributed by atoms with van der Waals surface area (Å²) in [6, 6.07) is 0. The second-order valence-corrected chi connectivity index (χ2v) is 2.95. The second kappa shape index (κ2) is 5.79. The maximum atomic E-state index is 3.30. The summed E-state index contributed by atoms with van der Waals surface area (Å²) in [5.41, 5.74) is 2.44. The Morgan fingerprint density at radius 2 is 1.71 bits per heavy atom. The number of allylic oxidation sites excluding steroid dienone is 12. The molecule has 2 aliphatic carbocycles. The second-order valence-electron chi connectivity index (χ2n) is 2.95. The smallest absolute Gasteiger partial charge is 0 e. The van der Waals surface area contributed by atoms with Gasteiger partial charge in [-0.2, -0.15) is 17.7 Å². The van der Waals surface area contributed by atoms with Gasteiger partial charge < -0.3 is 0 Å². The van der Waals surface area contributed by atoms with Crippen LogP contribution in [0.4, 0.5) is 0 Å². The van der Waals surface area contributed by atoms with Crippen LogP contribution in [0.2, 0.25) is 0 Å². The van der Waals surface area contributed by atoms with Gasteiger partial charge in [-0.25, -0.2) is 0 Å². The zero-order valence-corrected chi connectivity index (χ0v) is 9.46. The fraction of sp³-hybridized carbons (Fsp3) is 0.0769. The molecule has 0 amide bonds. The molecule has 0 spiro atoms. The molecule has 68 valence electrons. The molecular formula is C13H11Ti-. The zero-order valence-electron chi connectivity index (χ0n) is 7.90. The Bertz CT molecular complexity index is 363. The molecule has 0 fully saturated rings. The van der Waals surface area contributed by atoms with Crippen molar-refractivity contribution >= 4 is 0 Å². The fourth-order valence-corrected chi connectivity index (χ4v) is 1.35. The normalized spacial score (nSPS) is 18.3. The molecule has 0 unspecified atom stereocenters. The molecule has 0 atom stereocenters. The van der Waals surface area contributed by atoms with Gasteiger partial charge in [0.1, 0.15) is 0 Å². The summed E-state index contributed by atoms with van der Waals surface area (Å²) < 4.78 is 0. The van der Waals surface area contributed by atoms with E-state index in [-0.39, 0.29) is 21.7 Å². The Morgan fingerprint density at radius 1 is 0.929 bits per heavy atom. The van der Waals surface area contributed by atoms with Crippen molar-refractivity contribution < 1.29 is 21.7 Å². The Labute approximate surface area is 100.0 Å². The van der Waals surface area contributed by atoms with E-state index in [1.165, 1.54) is 11.1 Å². The molecule has 0 saturated carbocycles. The maximum absolute atomic E-state index is 3.30. The summed E-state index contributed by atoms with van der Waals surface area (Å²) in [6.45, 7) is 0. The van der Waals surface area contributed by atoms with Crippen LogP contribution >= 0.6 is 0 Å². The minimum absolute atomic E-state index is 0. The Hall–Kier alpha value is -0.846. The Morgan fingerprint density at radius 3 is 2.50 bits per heavy atom. The molecule has 14 heavy (non-hydrogen) atoms. The van der Waals surface area contributed by atoms with Crippen LogP contribution in [-0.2, 0) is 21.7 Å². The van der Waals surface area contributed by atoms with Gasteiger partial charge in [-0.3, -0.25) is 0 Å². The molecule has 2 aliphatic rings. The molecule has 0 aliphatic heterocycles. The molecule has 0 radical (unpaired) electrons. The van der Waals surface area contributed by atoms with Crippen molar-refractivity contribution in [2.24, 2.45) is 0 Å². The number of hydrogen-bond acceptors (Lipinski definition) is 0. The van der Waals surface area contributed by atoms with Crippen molar-refractivity contribution in [1.29, 1.82) is 0 Å². The predicted molar refractivity (Wildman–Crippen MR) is 56.0 cm³/mol. The van der Waals surface area contributed by atoms with Crippen molar-refractivity contribution in [3.05, 3.63) is 71.9 Å². The average Bonchev–Trinajstić information content (AvgIpc) is 2.55. The topological polar surface area (TPSA) is 0 Å². The molecule has 0 N–H and O–H groups in total. The van der Waals surface area contributed by atoms with Crippen molar-refractivity contribution in [2.75, 3.05) is 0 Å². The summed E-state index contributed by atoms with van der Waals surface area (Å²) >= 11 is 0. The summed E-state index contributed by atoms with van der Waals surface area (Å²) in [7, 11) is 0. The monoisotopic (exact) mass is 215 g/mol. The van der Waals surface area contributed by atoms with Gasteiger partial charge in [0, 0.05) is 21.7 Å². The molecule has 0 bridgehead atoms. The largest absolute Gasteiger partial charge is 0.197 e. The first kappa shape index (κ1) is 11.2. The molecular weight excluding hydrogens is 204 g/mol. The third-order valence-electron chi connectivity index (χ3n) is 2.00. The fourth-order valence-electron chi connectivity index (χ4n) is 1.35. The van der Waals surface area contributed by atoms with Gasteiger partial charge >= 0.3 is 0 Å². The van der Waals surface area contributed by atoms with Gasteiger partial charge in [0.25, 0.3) is 0 Å². The quantitative estimate of drug-likeness (QED) is 0.465. The van der Waals surface area contributed by atoms with Crippen molar-refractivity contribution in [2.45, 2.75) is 6.42 Å². The minimum Gasteiger partial charge on any atom is -0.197 e. The maximum Gasteiger partial charge on any atom is 0 e. The Balaban J connectivity index is 0.000000980. The van der Waals surface area contributed by atoms with E-state index >= 15 is 0 Å². The predicted octanol–water partition coefficient (Wildman–Crippen LogP) is 3.28. The van der Waals surface area contributed by atoms with Crippen LogP contribution in [0.25, 0.3) is 0 Å². The molecule has 0 saturated heterocycles. The van der Waals surface area contributed by atoms with Gasteiger partial charge in [-0.1, -0.05) is 36.8 Å². The van der Waals surface area contributed by atoms with Gasteiger partial charge in [0.2, 0.25) is 0 Å². The van der Waals surface area contributed by atoms with E-state index in [2.05, 4.69) is 42.5 Å². The first-order valence-electron chi connectivity index (χ1n) is 4.46. The molecule has 1 heteroatoms. The molecule has 0 heterocycles. The molecule has 0 nitrogen and oxygen atoms in total. The summed E-state index contributed by atoms with van der Waals surface area (Å²) in [4.78, 5) is 0. The molecule has 0 aromatic rings. The van der Waals surface area contributed by atoms with E-state index in [0.29, 0.717) is 0 Å². The summed E-state index contributed by atoms with van der Waals surface area (Å²) in [5.74, 6) is 0. The van der Waals surface area contributed by atoms with Gasteiger partial charge in [0.15, 0.2) is 0 Å². The van der Waals surface area contributed by atoms with Crippen LogP contribution in [0.15, 0.2) is 65.8 Å². The average molecular weight is 215 g/mol. The number of hydrogen-bond donors (Lipinski definition) is 0. The number of rotatable bonds is 1. The van der Waals surface area contributed by atoms with Crippen molar-refractivity contribution in [3.63, 3.8) is 0 Å². The third-order valence-corrected chi connectivity index (χ3v) is 2.00. The molecule has 2 rings (SSSR count). The van der Waals surface area contributed by atoms with Crippen molar-refractivity contribution in [1.82, 2.24) is 0 Å². The Kier molecular flexibility index (Phi) is 4.65. The minimum atomic E-state index is 0. The standard InChI is InChI=1S/C13H11.Ti/c1-2-4-8-12(9-5-3-1)13-10-6-7-11-13;/h1-6,8-10H,7H2;/q-1;. The van der Waals surface area contributed by atoms with E-state index in [1.54, 1.807) is 0 Å². The van der Waals surface area contributed by atoms with Crippen LogP contribution in [0.1, 0.15) is 6.42 Å². The van der Waals surface area contributed by atoms with Crippen LogP contribution in [-0.4, -0.2) is 0 Å². The van der Waals surface area contributed by atoms with Crippen LogP contribution in [0.5, 0.6) is 0 Å². The van der Waals surface area contributed by atoms with Crippen molar-refractivity contribution in [3.8, 4) is 0 Å². The van der Waals surface area contributed by atoms with E-state index in [9.17, 15) is 0 Å². The van der Waals surface area contributed by atoms with E-state index in [4.69, 9.17) is 0 Å². The SMILES string of the molecule is [C-]1=C(C2=CC=CC=CC=C2)C=CC1.[Ti]. The van der Waals surface area contributed by atoms with E-state index < -0.39 is 0 Å². The molecule has 0 aromatic carbocycles. The van der Waals surface area contributed by atoms with Crippen LogP contribution < -0.4 is 0 Å². The van der Waals surface area contributed by atoms with Crippen LogP contribution in [0, 0.1) is 6.08 Å². The zero-order chi connectivity index (χ0) is 8.93. The van der Waals surface area contributed by atoms with Gasteiger partial charge in [0.05, 0.1) is 0 Å².